The highest BCUT2D eigenvalue weighted by Crippen LogP contribution is 2.27. The number of benzene rings is 3. The van der Waals surface area contributed by atoms with Gasteiger partial charge in [0.05, 0.1) is 5.92 Å². The van der Waals surface area contributed by atoms with Gasteiger partial charge >= 0.3 is 0 Å². The molecule has 7 heteroatoms. The lowest BCUT2D eigenvalue weighted by Gasteiger charge is -2.22. The summed E-state index contributed by atoms with van der Waals surface area (Å²) >= 11 is 1.30. The van der Waals surface area contributed by atoms with Crippen LogP contribution in [0.5, 0.6) is 0 Å². The van der Waals surface area contributed by atoms with Gasteiger partial charge in [-0.2, -0.15) is 0 Å². The Bertz CT molecular complexity index is 1260. The second-order valence-electron chi connectivity index (χ2n) is 8.39. The number of anilines is 1. The topological polar surface area (TPSA) is 84.0 Å². The lowest BCUT2D eigenvalue weighted by molar-refractivity contribution is -0.127. The van der Waals surface area contributed by atoms with E-state index in [1.54, 1.807) is 0 Å². The van der Waals surface area contributed by atoms with E-state index in [2.05, 4.69) is 20.8 Å². The Kier molecular flexibility index (Phi) is 8.00. The van der Waals surface area contributed by atoms with Crippen LogP contribution in [0.15, 0.2) is 84.9 Å². The third-order valence-corrected chi connectivity index (χ3v) is 6.68. The van der Waals surface area contributed by atoms with Crippen LogP contribution in [-0.4, -0.2) is 28.1 Å². The SMILES string of the molecule is CCC(C(=O)NC(Cc1ccccc1)C(=O)Nc1nnc(-c2ccc(C)cc2)s1)c1ccccc1. The molecule has 2 N–H and O–H groups in total. The molecule has 0 aliphatic rings. The summed E-state index contributed by atoms with van der Waals surface area (Å²) in [6.45, 7) is 3.99. The minimum atomic E-state index is -0.755. The van der Waals surface area contributed by atoms with Crippen LogP contribution in [-0.2, 0) is 16.0 Å². The van der Waals surface area contributed by atoms with Crippen molar-refractivity contribution >= 4 is 28.3 Å². The molecule has 0 bridgehead atoms. The van der Waals surface area contributed by atoms with Gasteiger partial charge in [-0.15, -0.1) is 10.2 Å². The van der Waals surface area contributed by atoms with Gasteiger partial charge in [-0.25, -0.2) is 0 Å². The first-order chi connectivity index (χ1) is 17.0. The zero-order chi connectivity index (χ0) is 24.6. The van der Waals surface area contributed by atoms with Crippen molar-refractivity contribution in [3.63, 3.8) is 0 Å². The molecule has 35 heavy (non-hydrogen) atoms. The van der Waals surface area contributed by atoms with Crippen LogP contribution in [0.4, 0.5) is 5.13 Å². The molecule has 0 aliphatic heterocycles. The molecule has 1 aromatic heterocycles. The number of aromatic nitrogens is 2. The summed E-state index contributed by atoms with van der Waals surface area (Å²) in [6.07, 6.45) is 0.999. The Hall–Kier alpha value is -3.84. The Morgan fingerprint density at radius 3 is 2.17 bits per heavy atom. The molecule has 0 aliphatic carbocycles. The fraction of sp³-hybridized carbons (Fsp3) is 0.214. The number of carbonyl (C=O) groups excluding carboxylic acids is 2. The molecule has 0 fully saturated rings. The molecule has 2 amide bonds. The molecule has 4 rings (SSSR count). The molecule has 4 aromatic rings. The number of hydrogen-bond donors (Lipinski definition) is 2. The van der Waals surface area contributed by atoms with E-state index in [0.717, 1.165) is 27.3 Å². The number of carbonyl (C=O) groups is 2. The van der Waals surface area contributed by atoms with E-state index in [1.807, 2.05) is 98.8 Å². The average Bonchev–Trinajstić information content (AvgIpc) is 3.34. The molecular formula is C28H28N4O2S. The Balaban J connectivity index is 1.51. The first kappa shape index (κ1) is 24.3. The predicted octanol–water partition coefficient (Wildman–Crippen LogP) is 5.37. The van der Waals surface area contributed by atoms with Crippen molar-refractivity contribution in [1.29, 1.82) is 0 Å². The van der Waals surface area contributed by atoms with E-state index in [0.29, 0.717) is 18.0 Å². The molecule has 0 spiro atoms. The van der Waals surface area contributed by atoms with Crippen LogP contribution >= 0.6 is 11.3 Å². The third kappa shape index (κ3) is 6.39. The monoisotopic (exact) mass is 484 g/mol. The van der Waals surface area contributed by atoms with Crippen LogP contribution in [0, 0.1) is 6.92 Å². The highest BCUT2D eigenvalue weighted by Gasteiger charge is 2.27. The zero-order valence-electron chi connectivity index (χ0n) is 19.8. The molecule has 0 saturated carbocycles. The van der Waals surface area contributed by atoms with Crippen molar-refractivity contribution in [3.8, 4) is 10.6 Å². The number of rotatable bonds is 9. The minimum Gasteiger partial charge on any atom is -0.343 e. The normalized spacial score (nSPS) is 12.5. The summed E-state index contributed by atoms with van der Waals surface area (Å²) in [7, 11) is 0. The molecule has 6 nitrogen and oxygen atoms in total. The van der Waals surface area contributed by atoms with E-state index < -0.39 is 6.04 Å². The highest BCUT2D eigenvalue weighted by molar-refractivity contribution is 7.18. The average molecular weight is 485 g/mol. The van der Waals surface area contributed by atoms with E-state index in [-0.39, 0.29) is 17.7 Å². The lowest BCUT2D eigenvalue weighted by atomic mass is 9.94. The summed E-state index contributed by atoms with van der Waals surface area (Å²) in [6, 6.07) is 26.5. The van der Waals surface area contributed by atoms with Crippen LogP contribution in [0.2, 0.25) is 0 Å². The quantitative estimate of drug-likeness (QED) is 0.334. The smallest absolute Gasteiger partial charge is 0.249 e. The third-order valence-electron chi connectivity index (χ3n) is 5.80. The summed E-state index contributed by atoms with van der Waals surface area (Å²) in [4.78, 5) is 26.5. The van der Waals surface area contributed by atoms with Crippen molar-refractivity contribution in [2.45, 2.75) is 38.6 Å². The summed E-state index contributed by atoms with van der Waals surface area (Å²) in [5.41, 5.74) is 3.99. The van der Waals surface area contributed by atoms with Crippen LogP contribution in [0.1, 0.15) is 36.0 Å². The number of nitrogens with one attached hydrogen (secondary N) is 2. The van der Waals surface area contributed by atoms with Crippen molar-refractivity contribution in [2.75, 3.05) is 5.32 Å². The summed E-state index contributed by atoms with van der Waals surface area (Å²) < 4.78 is 0. The van der Waals surface area contributed by atoms with Crippen LogP contribution < -0.4 is 10.6 Å². The molecular weight excluding hydrogens is 456 g/mol. The number of amides is 2. The van der Waals surface area contributed by atoms with E-state index in [4.69, 9.17) is 0 Å². The molecule has 1 heterocycles. The van der Waals surface area contributed by atoms with Crippen molar-refractivity contribution in [1.82, 2.24) is 15.5 Å². The number of hydrogen-bond acceptors (Lipinski definition) is 5. The fourth-order valence-electron chi connectivity index (χ4n) is 3.87. The number of nitrogens with zero attached hydrogens (tertiary/aromatic N) is 2. The second kappa shape index (κ2) is 11.5. The van der Waals surface area contributed by atoms with Gasteiger partial charge in [0.1, 0.15) is 11.0 Å². The summed E-state index contributed by atoms with van der Waals surface area (Å²) in [5.74, 6) is -0.832. The highest BCUT2D eigenvalue weighted by atomic mass is 32.1. The molecule has 2 unspecified atom stereocenters. The first-order valence-electron chi connectivity index (χ1n) is 11.6. The largest absolute Gasteiger partial charge is 0.343 e. The maximum Gasteiger partial charge on any atom is 0.249 e. The standard InChI is InChI=1S/C28H28N4O2S/c1-3-23(21-12-8-5-9-13-21)25(33)29-24(18-20-10-6-4-7-11-20)26(34)30-28-32-31-27(35-28)22-16-14-19(2)15-17-22/h4-17,23-24H,3,18H2,1-2H3,(H,29,33)(H,30,32,34). The Morgan fingerprint density at radius 2 is 1.51 bits per heavy atom. The molecule has 178 valence electrons. The van der Waals surface area contributed by atoms with Crippen molar-refractivity contribution < 1.29 is 9.59 Å². The maximum absolute atomic E-state index is 13.3. The second-order valence-corrected chi connectivity index (χ2v) is 9.37. The van der Waals surface area contributed by atoms with Gasteiger partial charge in [0.25, 0.3) is 0 Å². The van der Waals surface area contributed by atoms with Gasteiger partial charge in [0, 0.05) is 12.0 Å². The lowest BCUT2D eigenvalue weighted by Crippen LogP contribution is -2.46. The Labute approximate surface area is 209 Å². The van der Waals surface area contributed by atoms with Gasteiger partial charge in [-0.1, -0.05) is 109 Å². The minimum absolute atomic E-state index is 0.174. The molecule has 0 saturated heterocycles. The van der Waals surface area contributed by atoms with Crippen LogP contribution in [0.3, 0.4) is 0 Å². The molecule has 2 atom stereocenters. The molecule has 0 radical (unpaired) electrons. The maximum atomic E-state index is 13.3. The van der Waals surface area contributed by atoms with Gasteiger partial charge in [-0.05, 0) is 24.5 Å². The zero-order valence-corrected chi connectivity index (χ0v) is 20.6. The van der Waals surface area contributed by atoms with Crippen LogP contribution in [0.25, 0.3) is 10.6 Å². The van der Waals surface area contributed by atoms with E-state index in [1.165, 1.54) is 11.3 Å². The van der Waals surface area contributed by atoms with Gasteiger partial charge in [0.2, 0.25) is 16.9 Å². The van der Waals surface area contributed by atoms with Gasteiger partial charge < -0.3 is 5.32 Å². The Morgan fingerprint density at radius 1 is 0.857 bits per heavy atom. The van der Waals surface area contributed by atoms with Crippen molar-refractivity contribution in [3.05, 3.63) is 102 Å². The van der Waals surface area contributed by atoms with Gasteiger partial charge in [0.15, 0.2) is 0 Å². The fourth-order valence-corrected chi connectivity index (χ4v) is 4.62. The van der Waals surface area contributed by atoms with Gasteiger partial charge in [-0.3, -0.25) is 14.9 Å². The molecule has 3 aromatic carbocycles. The van der Waals surface area contributed by atoms with E-state index >= 15 is 0 Å². The number of aryl methyl sites for hydroxylation is 1. The van der Waals surface area contributed by atoms with Crippen molar-refractivity contribution in [2.24, 2.45) is 0 Å². The first-order valence-corrected chi connectivity index (χ1v) is 12.5. The predicted molar refractivity (Wildman–Crippen MR) is 140 cm³/mol. The van der Waals surface area contributed by atoms with E-state index in [9.17, 15) is 9.59 Å². The summed E-state index contributed by atoms with van der Waals surface area (Å²) in [5, 5.41) is 15.3.